The molecule has 0 N–H and O–H groups in total. The summed E-state index contributed by atoms with van der Waals surface area (Å²) in [5, 5.41) is 0.811. The highest BCUT2D eigenvalue weighted by Gasteiger charge is 2.07. The average molecular weight is 165 g/mol. The fourth-order valence-electron chi connectivity index (χ4n) is 1.11. The monoisotopic (exact) mass is 165 g/mol. The number of nitrogens with zero attached hydrogens (tertiary/aromatic N) is 1. The molecule has 0 amide bonds. The van der Waals surface area contributed by atoms with E-state index in [1.54, 1.807) is 11.3 Å². The van der Waals surface area contributed by atoms with Gasteiger partial charge in [0.15, 0.2) is 0 Å². The Balaban J connectivity index is 3.09. The topological polar surface area (TPSA) is 4.36 Å². The lowest BCUT2D eigenvalue weighted by molar-refractivity contribution is 0.881. The zero-order chi connectivity index (χ0) is 8.43. The Labute approximate surface area is 71.5 Å². The summed E-state index contributed by atoms with van der Waals surface area (Å²) in [6.07, 6.45) is 0. The zero-order valence-electron chi connectivity index (χ0n) is 7.01. The second-order valence-corrected chi connectivity index (χ2v) is 3.96. The van der Waals surface area contributed by atoms with Crippen molar-refractivity contribution >= 4 is 16.3 Å². The van der Waals surface area contributed by atoms with Crippen molar-refractivity contribution in [3.05, 3.63) is 27.9 Å². The Hall–Kier alpha value is -0.810. The number of hydrogen-bond donors (Lipinski definition) is 0. The molecule has 0 aliphatic heterocycles. The third-order valence-electron chi connectivity index (χ3n) is 1.58. The van der Waals surface area contributed by atoms with Gasteiger partial charge in [0, 0.05) is 0 Å². The fraction of sp³-hybridized carbons (Fsp3) is 0.444. The molecule has 1 aromatic rings. The van der Waals surface area contributed by atoms with Gasteiger partial charge in [-0.1, -0.05) is 13.8 Å². The number of hydrogen-bond acceptors (Lipinski definition) is 1. The number of thiophene rings is 1. The van der Waals surface area contributed by atoms with E-state index in [1.165, 1.54) is 10.4 Å². The molecular formula is C9H11NS. The third-order valence-corrected chi connectivity index (χ3v) is 3.01. The molecule has 0 spiro atoms. The van der Waals surface area contributed by atoms with Crippen molar-refractivity contribution in [2.75, 3.05) is 0 Å². The van der Waals surface area contributed by atoms with Crippen molar-refractivity contribution in [1.82, 2.24) is 0 Å². The minimum Gasteiger partial charge on any atom is -0.227 e. The molecule has 0 unspecified atom stereocenters. The van der Waals surface area contributed by atoms with Gasteiger partial charge < -0.3 is 0 Å². The lowest BCUT2D eigenvalue weighted by Crippen LogP contribution is -1.82. The molecule has 0 atom stereocenters. The van der Waals surface area contributed by atoms with Gasteiger partial charge in [-0.15, -0.1) is 0 Å². The van der Waals surface area contributed by atoms with E-state index in [2.05, 4.69) is 25.6 Å². The SMILES string of the molecule is [C-]#[N+]c1cc(C)c(C(C)C)s1. The fourth-order valence-corrected chi connectivity index (χ4v) is 2.07. The van der Waals surface area contributed by atoms with Gasteiger partial charge in [0.05, 0.1) is 6.57 Å². The maximum Gasteiger partial charge on any atom is 0.241 e. The first-order valence-corrected chi connectivity index (χ1v) is 4.44. The molecule has 0 fully saturated rings. The summed E-state index contributed by atoms with van der Waals surface area (Å²) in [6, 6.07) is 1.97. The van der Waals surface area contributed by atoms with Gasteiger partial charge in [-0.3, -0.25) is 0 Å². The second-order valence-electron chi connectivity index (χ2n) is 2.90. The zero-order valence-corrected chi connectivity index (χ0v) is 7.83. The van der Waals surface area contributed by atoms with Crippen LogP contribution in [0, 0.1) is 13.5 Å². The predicted molar refractivity (Wildman–Crippen MR) is 49.4 cm³/mol. The van der Waals surface area contributed by atoms with Crippen molar-refractivity contribution in [2.24, 2.45) is 0 Å². The average Bonchev–Trinajstić information content (AvgIpc) is 2.30. The molecular weight excluding hydrogens is 154 g/mol. The van der Waals surface area contributed by atoms with Crippen LogP contribution in [-0.4, -0.2) is 0 Å². The summed E-state index contributed by atoms with van der Waals surface area (Å²) in [5.41, 5.74) is 1.26. The van der Waals surface area contributed by atoms with Crippen LogP contribution in [0.1, 0.15) is 30.2 Å². The van der Waals surface area contributed by atoms with Gasteiger partial charge in [-0.25, -0.2) is 4.85 Å². The molecule has 0 aliphatic carbocycles. The molecule has 1 heterocycles. The molecule has 58 valence electrons. The first kappa shape index (κ1) is 8.29. The van der Waals surface area contributed by atoms with Crippen molar-refractivity contribution in [3.8, 4) is 0 Å². The van der Waals surface area contributed by atoms with Crippen LogP contribution >= 0.6 is 11.3 Å². The van der Waals surface area contributed by atoms with Crippen molar-refractivity contribution in [2.45, 2.75) is 26.7 Å². The Morgan fingerprint density at radius 1 is 1.55 bits per heavy atom. The highest BCUT2D eigenvalue weighted by molar-refractivity contribution is 7.16. The van der Waals surface area contributed by atoms with Gasteiger partial charge in [-0.05, 0) is 29.3 Å². The van der Waals surface area contributed by atoms with E-state index in [9.17, 15) is 0 Å². The van der Waals surface area contributed by atoms with Gasteiger partial charge >= 0.3 is 0 Å². The van der Waals surface area contributed by atoms with Crippen LogP contribution in [0.4, 0.5) is 5.00 Å². The molecule has 11 heavy (non-hydrogen) atoms. The molecule has 0 aromatic carbocycles. The first-order valence-electron chi connectivity index (χ1n) is 3.63. The molecule has 1 rings (SSSR count). The maximum atomic E-state index is 6.83. The lowest BCUT2D eigenvalue weighted by Gasteiger charge is -2.01. The third kappa shape index (κ3) is 1.61. The van der Waals surface area contributed by atoms with Crippen LogP contribution in [0.15, 0.2) is 6.07 Å². The molecule has 1 aromatic heterocycles. The van der Waals surface area contributed by atoms with Crippen molar-refractivity contribution in [3.63, 3.8) is 0 Å². The standard InChI is InChI=1S/C9H11NS/c1-6(2)9-7(3)5-8(10-4)11-9/h5-6H,1-3H3. The summed E-state index contributed by atoms with van der Waals surface area (Å²) < 4.78 is 0. The van der Waals surface area contributed by atoms with E-state index >= 15 is 0 Å². The minimum atomic E-state index is 0.551. The van der Waals surface area contributed by atoms with Crippen LogP contribution in [0.5, 0.6) is 0 Å². The smallest absolute Gasteiger partial charge is 0.227 e. The highest BCUT2D eigenvalue weighted by atomic mass is 32.1. The lowest BCUT2D eigenvalue weighted by atomic mass is 10.1. The second kappa shape index (κ2) is 3.06. The van der Waals surface area contributed by atoms with E-state index < -0.39 is 0 Å². The van der Waals surface area contributed by atoms with Crippen molar-refractivity contribution < 1.29 is 0 Å². The van der Waals surface area contributed by atoms with Crippen LogP contribution in [0.3, 0.4) is 0 Å². The molecule has 2 heteroatoms. The summed E-state index contributed by atoms with van der Waals surface area (Å²) in [6.45, 7) is 13.2. The quantitative estimate of drug-likeness (QED) is 0.558. The summed E-state index contributed by atoms with van der Waals surface area (Å²) >= 11 is 1.61. The van der Waals surface area contributed by atoms with E-state index in [0.717, 1.165) is 5.00 Å². The van der Waals surface area contributed by atoms with E-state index in [1.807, 2.05) is 6.07 Å². The highest BCUT2D eigenvalue weighted by Crippen LogP contribution is 2.33. The number of rotatable bonds is 1. The largest absolute Gasteiger partial charge is 0.241 e. The van der Waals surface area contributed by atoms with Crippen LogP contribution in [0.2, 0.25) is 0 Å². The van der Waals surface area contributed by atoms with E-state index in [-0.39, 0.29) is 0 Å². The Bertz CT molecular complexity index is 291. The molecule has 0 aliphatic rings. The summed E-state index contributed by atoms with van der Waals surface area (Å²) in [5.74, 6) is 0.551. The Morgan fingerprint density at radius 2 is 2.18 bits per heavy atom. The first-order chi connectivity index (χ1) is 5.15. The van der Waals surface area contributed by atoms with Crippen LogP contribution in [-0.2, 0) is 0 Å². The number of aryl methyl sites for hydroxylation is 1. The van der Waals surface area contributed by atoms with Gasteiger partial charge in [0.1, 0.15) is 0 Å². The van der Waals surface area contributed by atoms with Gasteiger partial charge in [0.2, 0.25) is 5.00 Å². The molecule has 0 bridgehead atoms. The minimum absolute atomic E-state index is 0.551. The predicted octanol–water partition coefficient (Wildman–Crippen LogP) is 3.73. The Morgan fingerprint density at radius 3 is 2.45 bits per heavy atom. The summed E-state index contributed by atoms with van der Waals surface area (Å²) in [7, 11) is 0. The van der Waals surface area contributed by atoms with E-state index in [0.29, 0.717) is 5.92 Å². The normalized spacial score (nSPS) is 10.1. The van der Waals surface area contributed by atoms with Crippen LogP contribution in [0.25, 0.3) is 4.85 Å². The van der Waals surface area contributed by atoms with Gasteiger partial charge in [-0.2, -0.15) is 11.3 Å². The van der Waals surface area contributed by atoms with Crippen LogP contribution < -0.4 is 0 Å². The molecule has 0 saturated heterocycles. The molecule has 1 nitrogen and oxygen atoms in total. The maximum absolute atomic E-state index is 6.83. The Kier molecular flexibility index (Phi) is 2.31. The molecule has 0 saturated carbocycles. The van der Waals surface area contributed by atoms with Gasteiger partial charge in [0.25, 0.3) is 0 Å². The molecule has 0 radical (unpaired) electrons. The summed E-state index contributed by atoms with van der Waals surface area (Å²) in [4.78, 5) is 4.75. The van der Waals surface area contributed by atoms with E-state index in [4.69, 9.17) is 6.57 Å². The van der Waals surface area contributed by atoms with Crippen molar-refractivity contribution in [1.29, 1.82) is 0 Å².